The molecule has 1 amide bonds. The highest BCUT2D eigenvalue weighted by Crippen LogP contribution is 2.13. The SMILES string of the molecule is Cc1csc(CCNC(=O)O)c1. The largest absolute Gasteiger partial charge is 0.465 e. The Hall–Kier alpha value is -1.03. The lowest BCUT2D eigenvalue weighted by Crippen LogP contribution is -2.22. The summed E-state index contributed by atoms with van der Waals surface area (Å²) in [4.78, 5) is 11.3. The Bertz CT molecular complexity index is 270. The lowest BCUT2D eigenvalue weighted by molar-refractivity contribution is 0.194. The summed E-state index contributed by atoms with van der Waals surface area (Å²) in [5.41, 5.74) is 1.24. The molecule has 0 aliphatic carbocycles. The second-order valence-electron chi connectivity index (χ2n) is 2.57. The maximum atomic E-state index is 10.1. The van der Waals surface area contributed by atoms with Gasteiger partial charge in [-0.05, 0) is 30.4 Å². The minimum atomic E-state index is -0.955. The third-order valence-electron chi connectivity index (χ3n) is 1.43. The van der Waals surface area contributed by atoms with Crippen LogP contribution in [0.2, 0.25) is 0 Å². The monoisotopic (exact) mass is 185 g/mol. The van der Waals surface area contributed by atoms with Crippen LogP contribution < -0.4 is 5.32 Å². The molecule has 1 aromatic heterocycles. The van der Waals surface area contributed by atoms with Gasteiger partial charge in [-0.15, -0.1) is 11.3 Å². The van der Waals surface area contributed by atoms with Crippen LogP contribution in [0, 0.1) is 6.92 Å². The number of hydrogen-bond acceptors (Lipinski definition) is 2. The molecule has 0 aromatic carbocycles. The van der Waals surface area contributed by atoms with Crippen LogP contribution in [0.1, 0.15) is 10.4 Å². The molecule has 0 saturated heterocycles. The minimum Gasteiger partial charge on any atom is -0.465 e. The zero-order chi connectivity index (χ0) is 8.97. The van der Waals surface area contributed by atoms with Gasteiger partial charge in [0.15, 0.2) is 0 Å². The van der Waals surface area contributed by atoms with Gasteiger partial charge >= 0.3 is 6.09 Å². The van der Waals surface area contributed by atoms with E-state index in [1.807, 2.05) is 6.92 Å². The number of rotatable bonds is 3. The zero-order valence-electron chi connectivity index (χ0n) is 6.83. The molecule has 1 heterocycles. The summed E-state index contributed by atoms with van der Waals surface area (Å²) in [6.45, 7) is 2.53. The first-order valence-electron chi connectivity index (χ1n) is 3.69. The van der Waals surface area contributed by atoms with E-state index in [2.05, 4.69) is 16.8 Å². The predicted octanol–water partition coefficient (Wildman–Crippen LogP) is 1.87. The first-order valence-corrected chi connectivity index (χ1v) is 4.57. The van der Waals surface area contributed by atoms with Crippen molar-refractivity contribution in [3.63, 3.8) is 0 Å². The van der Waals surface area contributed by atoms with Crippen molar-refractivity contribution >= 4 is 17.4 Å². The van der Waals surface area contributed by atoms with Gasteiger partial charge in [0.05, 0.1) is 0 Å². The number of aryl methyl sites for hydroxylation is 1. The first-order chi connectivity index (χ1) is 5.68. The normalized spacial score (nSPS) is 9.75. The van der Waals surface area contributed by atoms with Crippen LogP contribution in [-0.2, 0) is 6.42 Å². The molecule has 0 spiro atoms. The number of nitrogens with one attached hydrogen (secondary N) is 1. The summed E-state index contributed by atoms with van der Waals surface area (Å²) < 4.78 is 0. The van der Waals surface area contributed by atoms with E-state index in [0.29, 0.717) is 6.54 Å². The van der Waals surface area contributed by atoms with Gasteiger partial charge in [-0.2, -0.15) is 0 Å². The molecule has 2 N–H and O–H groups in total. The van der Waals surface area contributed by atoms with Crippen LogP contribution in [-0.4, -0.2) is 17.7 Å². The van der Waals surface area contributed by atoms with Crippen molar-refractivity contribution < 1.29 is 9.90 Å². The molecular formula is C8H11NO2S. The van der Waals surface area contributed by atoms with Crippen molar-refractivity contribution in [1.29, 1.82) is 0 Å². The summed E-state index contributed by atoms with van der Waals surface area (Å²) >= 11 is 1.67. The maximum Gasteiger partial charge on any atom is 0.404 e. The number of amides is 1. The van der Waals surface area contributed by atoms with Gasteiger partial charge in [-0.1, -0.05) is 0 Å². The van der Waals surface area contributed by atoms with Crippen LogP contribution in [0.4, 0.5) is 4.79 Å². The molecule has 0 aliphatic heterocycles. The van der Waals surface area contributed by atoms with E-state index in [9.17, 15) is 4.79 Å². The summed E-state index contributed by atoms with van der Waals surface area (Å²) in [5, 5.41) is 12.7. The average Bonchev–Trinajstić information content (AvgIpc) is 2.35. The van der Waals surface area contributed by atoms with Crippen LogP contribution >= 0.6 is 11.3 Å². The molecular weight excluding hydrogens is 174 g/mol. The highest BCUT2D eigenvalue weighted by molar-refractivity contribution is 7.10. The topological polar surface area (TPSA) is 49.3 Å². The van der Waals surface area contributed by atoms with Crippen molar-refractivity contribution in [2.45, 2.75) is 13.3 Å². The van der Waals surface area contributed by atoms with Crippen LogP contribution in [0.15, 0.2) is 11.4 Å². The highest BCUT2D eigenvalue weighted by Gasteiger charge is 1.97. The molecule has 1 rings (SSSR count). The Balaban J connectivity index is 2.29. The number of thiophene rings is 1. The van der Waals surface area contributed by atoms with E-state index in [1.54, 1.807) is 11.3 Å². The minimum absolute atomic E-state index is 0.495. The van der Waals surface area contributed by atoms with Crippen molar-refractivity contribution in [2.24, 2.45) is 0 Å². The fraction of sp³-hybridized carbons (Fsp3) is 0.375. The van der Waals surface area contributed by atoms with Crippen LogP contribution in [0.5, 0.6) is 0 Å². The molecule has 12 heavy (non-hydrogen) atoms. The van der Waals surface area contributed by atoms with Gasteiger partial charge in [0, 0.05) is 11.4 Å². The summed E-state index contributed by atoms with van der Waals surface area (Å²) in [6.07, 6.45) is -0.173. The van der Waals surface area contributed by atoms with Gasteiger partial charge < -0.3 is 10.4 Å². The Morgan fingerprint density at radius 3 is 3.00 bits per heavy atom. The molecule has 1 aromatic rings. The number of hydrogen-bond donors (Lipinski definition) is 2. The summed E-state index contributed by atoms with van der Waals surface area (Å²) in [7, 11) is 0. The Labute approximate surface area is 75.0 Å². The molecule has 4 heteroatoms. The zero-order valence-corrected chi connectivity index (χ0v) is 7.65. The van der Waals surface area contributed by atoms with Gasteiger partial charge in [-0.25, -0.2) is 4.79 Å². The standard InChI is InChI=1S/C8H11NO2S/c1-6-4-7(12-5-6)2-3-9-8(10)11/h4-5,9H,2-3H2,1H3,(H,10,11). The molecule has 0 saturated carbocycles. The van der Waals surface area contributed by atoms with E-state index in [-0.39, 0.29) is 0 Å². The fourth-order valence-electron chi connectivity index (χ4n) is 0.914. The van der Waals surface area contributed by atoms with Crippen molar-refractivity contribution in [3.8, 4) is 0 Å². The Kier molecular flexibility index (Phi) is 3.10. The summed E-state index contributed by atoms with van der Waals surface area (Å²) in [6, 6.07) is 2.08. The molecule has 0 atom stereocenters. The quantitative estimate of drug-likeness (QED) is 0.755. The average molecular weight is 185 g/mol. The van der Waals surface area contributed by atoms with E-state index >= 15 is 0 Å². The Morgan fingerprint density at radius 1 is 1.75 bits per heavy atom. The Morgan fingerprint density at radius 2 is 2.50 bits per heavy atom. The van der Waals surface area contributed by atoms with Gasteiger partial charge in [0.1, 0.15) is 0 Å². The van der Waals surface area contributed by atoms with Gasteiger partial charge in [0.25, 0.3) is 0 Å². The van der Waals surface area contributed by atoms with Crippen molar-refractivity contribution in [3.05, 3.63) is 21.9 Å². The number of carboxylic acid groups (broad SMARTS) is 1. The van der Waals surface area contributed by atoms with Crippen LogP contribution in [0.3, 0.4) is 0 Å². The molecule has 0 radical (unpaired) electrons. The second kappa shape index (κ2) is 4.11. The van der Waals surface area contributed by atoms with E-state index in [0.717, 1.165) is 6.42 Å². The molecule has 66 valence electrons. The fourth-order valence-corrected chi connectivity index (χ4v) is 1.79. The summed E-state index contributed by atoms with van der Waals surface area (Å²) in [5.74, 6) is 0. The molecule has 0 fully saturated rings. The number of carbonyl (C=O) groups is 1. The van der Waals surface area contributed by atoms with E-state index in [4.69, 9.17) is 5.11 Å². The van der Waals surface area contributed by atoms with Crippen molar-refractivity contribution in [2.75, 3.05) is 6.54 Å². The predicted molar refractivity (Wildman–Crippen MR) is 48.8 cm³/mol. The second-order valence-corrected chi connectivity index (χ2v) is 3.57. The van der Waals surface area contributed by atoms with Crippen molar-refractivity contribution in [1.82, 2.24) is 5.32 Å². The third kappa shape index (κ3) is 2.92. The molecule has 0 bridgehead atoms. The third-order valence-corrected chi connectivity index (χ3v) is 2.55. The molecule has 3 nitrogen and oxygen atoms in total. The molecule has 0 unspecified atom stereocenters. The van der Waals surface area contributed by atoms with E-state index in [1.165, 1.54) is 10.4 Å². The maximum absolute atomic E-state index is 10.1. The van der Waals surface area contributed by atoms with E-state index < -0.39 is 6.09 Å². The lowest BCUT2D eigenvalue weighted by Gasteiger charge is -1.96. The first kappa shape index (κ1) is 9.06. The van der Waals surface area contributed by atoms with Gasteiger partial charge in [0.2, 0.25) is 0 Å². The lowest BCUT2D eigenvalue weighted by atomic mass is 10.3. The molecule has 0 aliphatic rings. The highest BCUT2D eigenvalue weighted by atomic mass is 32.1. The smallest absolute Gasteiger partial charge is 0.404 e. The van der Waals surface area contributed by atoms with Gasteiger partial charge in [-0.3, -0.25) is 0 Å². The van der Waals surface area contributed by atoms with Crippen LogP contribution in [0.25, 0.3) is 0 Å².